The molecule has 140 valence electrons. The van der Waals surface area contributed by atoms with Crippen molar-refractivity contribution >= 4 is 29.1 Å². The molecule has 9 nitrogen and oxygen atoms in total. The molecule has 3 amide bonds. The predicted octanol–water partition coefficient (Wildman–Crippen LogP) is 1.35. The van der Waals surface area contributed by atoms with Crippen LogP contribution in [-0.2, 0) is 14.4 Å². The van der Waals surface area contributed by atoms with Crippen LogP contribution < -0.4 is 10.1 Å². The fourth-order valence-electron chi connectivity index (χ4n) is 4.36. The van der Waals surface area contributed by atoms with Gasteiger partial charge in [0, 0.05) is 12.1 Å². The lowest BCUT2D eigenvalue weighted by atomic mass is 9.85. The number of carbonyl (C=O) groups excluding carboxylic acids is 3. The molecule has 1 N–H and O–H groups in total. The maximum absolute atomic E-state index is 12.6. The third kappa shape index (κ3) is 2.66. The Balaban J connectivity index is 1.49. The summed E-state index contributed by atoms with van der Waals surface area (Å²) in [6, 6.07) is 3.79. The Labute approximate surface area is 154 Å². The number of nitrogens with one attached hydrogen (secondary N) is 1. The van der Waals surface area contributed by atoms with Crippen molar-refractivity contribution in [3.8, 4) is 5.75 Å². The molecule has 2 fully saturated rings. The number of allylic oxidation sites excluding steroid dienone is 2. The van der Waals surface area contributed by atoms with Crippen molar-refractivity contribution in [2.75, 3.05) is 19.0 Å². The highest BCUT2D eigenvalue weighted by molar-refractivity contribution is 6.09. The number of nitro groups is 1. The highest BCUT2D eigenvalue weighted by Gasteiger charge is 2.59. The number of fused-ring (bicyclic) bond motifs is 5. The molecule has 1 aromatic carbocycles. The molecule has 9 heteroatoms. The summed E-state index contributed by atoms with van der Waals surface area (Å²) in [5, 5.41) is 13.4. The zero-order chi connectivity index (χ0) is 19.3. The normalized spacial score (nSPS) is 27.8. The van der Waals surface area contributed by atoms with Crippen molar-refractivity contribution in [1.82, 2.24) is 4.90 Å². The van der Waals surface area contributed by atoms with E-state index in [4.69, 9.17) is 4.74 Å². The van der Waals surface area contributed by atoms with Gasteiger partial charge in [-0.25, -0.2) is 0 Å². The molecule has 2 aliphatic carbocycles. The second-order valence-electron chi connectivity index (χ2n) is 6.95. The van der Waals surface area contributed by atoms with Crippen LogP contribution in [0.3, 0.4) is 0 Å². The number of anilines is 1. The first-order chi connectivity index (χ1) is 12.9. The molecule has 0 spiro atoms. The predicted molar refractivity (Wildman–Crippen MR) is 92.7 cm³/mol. The molecule has 1 aromatic rings. The average molecular weight is 371 g/mol. The van der Waals surface area contributed by atoms with E-state index < -0.39 is 17.4 Å². The average Bonchev–Trinajstić information content (AvgIpc) is 3.31. The number of hydrogen-bond acceptors (Lipinski definition) is 6. The Bertz CT molecular complexity index is 865. The first kappa shape index (κ1) is 17.2. The van der Waals surface area contributed by atoms with Gasteiger partial charge in [-0.3, -0.25) is 29.4 Å². The Kier molecular flexibility index (Phi) is 3.94. The second-order valence-corrected chi connectivity index (χ2v) is 6.95. The van der Waals surface area contributed by atoms with Gasteiger partial charge in [-0.05, 0) is 24.3 Å². The lowest BCUT2D eigenvalue weighted by Crippen LogP contribution is -2.39. The SMILES string of the molecule is COc1ccc([N+](=O)[O-])cc1NC(=O)CN1C(=O)C2C3C=CC(C3)C2C1=O. The molecule has 1 saturated heterocycles. The van der Waals surface area contributed by atoms with Gasteiger partial charge in [0.15, 0.2) is 0 Å². The summed E-state index contributed by atoms with van der Waals surface area (Å²) >= 11 is 0. The van der Waals surface area contributed by atoms with E-state index in [9.17, 15) is 24.5 Å². The van der Waals surface area contributed by atoms with Crippen LogP contribution in [0.1, 0.15) is 6.42 Å². The van der Waals surface area contributed by atoms with Gasteiger partial charge in [0.1, 0.15) is 12.3 Å². The minimum Gasteiger partial charge on any atom is -0.495 e. The quantitative estimate of drug-likeness (QED) is 0.361. The van der Waals surface area contributed by atoms with E-state index in [1.165, 1.54) is 25.3 Å². The largest absolute Gasteiger partial charge is 0.495 e. The summed E-state index contributed by atoms with van der Waals surface area (Å²) in [7, 11) is 1.37. The minimum atomic E-state index is -0.615. The van der Waals surface area contributed by atoms with Crippen molar-refractivity contribution in [1.29, 1.82) is 0 Å². The summed E-state index contributed by atoms with van der Waals surface area (Å²) in [4.78, 5) is 49.0. The molecule has 3 aliphatic rings. The molecule has 4 unspecified atom stereocenters. The minimum absolute atomic E-state index is 0.0707. The molecular weight excluding hydrogens is 354 g/mol. The number of benzene rings is 1. The number of carbonyl (C=O) groups is 3. The van der Waals surface area contributed by atoms with Gasteiger partial charge >= 0.3 is 0 Å². The Morgan fingerprint density at radius 1 is 1.26 bits per heavy atom. The van der Waals surface area contributed by atoms with Crippen LogP contribution in [0.2, 0.25) is 0 Å². The van der Waals surface area contributed by atoms with Gasteiger partial charge in [0.25, 0.3) is 5.69 Å². The van der Waals surface area contributed by atoms with Crippen LogP contribution >= 0.6 is 0 Å². The number of nitrogens with zero attached hydrogens (tertiary/aromatic N) is 2. The highest BCUT2D eigenvalue weighted by Crippen LogP contribution is 2.52. The fraction of sp³-hybridized carbons (Fsp3) is 0.389. The first-order valence-electron chi connectivity index (χ1n) is 8.56. The van der Waals surface area contributed by atoms with E-state index in [-0.39, 0.29) is 52.6 Å². The van der Waals surface area contributed by atoms with Crippen LogP contribution in [0.5, 0.6) is 5.75 Å². The molecule has 1 aliphatic heterocycles. The number of methoxy groups -OCH3 is 1. The van der Waals surface area contributed by atoms with Gasteiger partial charge in [0.2, 0.25) is 17.7 Å². The summed E-state index contributed by atoms with van der Waals surface area (Å²) < 4.78 is 5.10. The highest BCUT2D eigenvalue weighted by atomic mass is 16.6. The molecule has 1 saturated carbocycles. The number of nitro benzene ring substituents is 1. The summed E-state index contributed by atoms with van der Waals surface area (Å²) in [6.45, 7) is -0.421. The van der Waals surface area contributed by atoms with Crippen molar-refractivity contribution in [3.63, 3.8) is 0 Å². The van der Waals surface area contributed by atoms with Gasteiger partial charge in [-0.2, -0.15) is 0 Å². The zero-order valence-electron chi connectivity index (χ0n) is 14.5. The molecule has 4 atom stereocenters. The molecule has 0 aromatic heterocycles. The topological polar surface area (TPSA) is 119 Å². The first-order valence-corrected chi connectivity index (χ1v) is 8.56. The third-order valence-electron chi connectivity index (χ3n) is 5.53. The van der Waals surface area contributed by atoms with Gasteiger partial charge < -0.3 is 10.1 Å². The summed E-state index contributed by atoms with van der Waals surface area (Å²) in [5.41, 5.74) is -0.102. The van der Waals surface area contributed by atoms with Gasteiger partial charge in [-0.1, -0.05) is 12.2 Å². The van der Waals surface area contributed by atoms with Crippen LogP contribution in [-0.4, -0.2) is 41.2 Å². The van der Waals surface area contributed by atoms with Crippen molar-refractivity contribution in [3.05, 3.63) is 40.5 Å². The van der Waals surface area contributed by atoms with Crippen molar-refractivity contribution < 1.29 is 24.0 Å². The van der Waals surface area contributed by atoms with Crippen molar-refractivity contribution in [2.24, 2.45) is 23.7 Å². The molecule has 0 radical (unpaired) electrons. The van der Waals surface area contributed by atoms with E-state index in [0.717, 1.165) is 11.3 Å². The van der Waals surface area contributed by atoms with Crippen molar-refractivity contribution in [2.45, 2.75) is 6.42 Å². The Morgan fingerprint density at radius 2 is 1.89 bits per heavy atom. The van der Waals surface area contributed by atoms with E-state index >= 15 is 0 Å². The van der Waals surface area contributed by atoms with Crippen LogP contribution in [0.4, 0.5) is 11.4 Å². The van der Waals surface area contributed by atoms with Crippen LogP contribution in [0.15, 0.2) is 30.4 Å². The van der Waals surface area contributed by atoms with E-state index in [0.29, 0.717) is 0 Å². The van der Waals surface area contributed by atoms with E-state index in [2.05, 4.69) is 5.32 Å². The smallest absolute Gasteiger partial charge is 0.271 e. The number of imide groups is 1. The summed E-state index contributed by atoms with van der Waals surface area (Å²) in [5.74, 6) is -1.60. The number of rotatable bonds is 5. The van der Waals surface area contributed by atoms with E-state index in [1.807, 2.05) is 12.2 Å². The lowest BCUT2D eigenvalue weighted by molar-refractivity contribution is -0.384. The molecule has 27 heavy (non-hydrogen) atoms. The molecule has 4 rings (SSSR count). The standard InChI is InChI=1S/C18H17N3O6/c1-27-13-5-4-11(21(25)26)7-12(13)19-14(22)8-20-17(23)15-9-2-3-10(6-9)16(15)18(20)24/h2-5,7,9-10,15-16H,6,8H2,1H3,(H,19,22). The number of likely N-dealkylation sites (tertiary alicyclic amines) is 1. The third-order valence-corrected chi connectivity index (χ3v) is 5.53. The molecule has 1 heterocycles. The van der Waals surface area contributed by atoms with Gasteiger partial charge in [-0.15, -0.1) is 0 Å². The maximum atomic E-state index is 12.6. The molecular formula is C18H17N3O6. The zero-order valence-corrected chi connectivity index (χ0v) is 14.5. The Morgan fingerprint density at radius 3 is 2.44 bits per heavy atom. The van der Waals surface area contributed by atoms with Crippen LogP contribution in [0.25, 0.3) is 0 Å². The monoisotopic (exact) mass is 371 g/mol. The maximum Gasteiger partial charge on any atom is 0.271 e. The molecule has 2 bridgehead atoms. The van der Waals surface area contributed by atoms with Gasteiger partial charge in [0.05, 0.1) is 29.6 Å². The number of hydrogen-bond donors (Lipinski definition) is 1. The Hall–Kier alpha value is -3.23. The second kappa shape index (κ2) is 6.19. The number of non-ortho nitro benzene ring substituents is 1. The lowest BCUT2D eigenvalue weighted by Gasteiger charge is -2.17. The fourth-order valence-corrected chi connectivity index (χ4v) is 4.36. The number of ether oxygens (including phenoxy) is 1. The van der Waals surface area contributed by atoms with Crippen LogP contribution in [0, 0.1) is 33.8 Å². The number of amides is 3. The van der Waals surface area contributed by atoms with E-state index in [1.54, 1.807) is 0 Å². The summed E-state index contributed by atoms with van der Waals surface area (Å²) in [6.07, 6.45) is 4.78.